The van der Waals surface area contributed by atoms with Crippen molar-refractivity contribution in [2.24, 2.45) is 0 Å². The molecular weight excluding hydrogens is 320 g/mol. The van der Waals surface area contributed by atoms with E-state index >= 15 is 0 Å². The molecule has 96 valence electrons. The molecular formula is C12H12BrClN2O2. The Morgan fingerprint density at radius 2 is 2.28 bits per heavy atom. The largest absolute Gasteiger partial charge is 0.354 e. The first-order valence-corrected chi connectivity index (χ1v) is 6.76. The second kappa shape index (κ2) is 5.71. The minimum Gasteiger partial charge on any atom is -0.354 e. The van der Waals surface area contributed by atoms with Crippen molar-refractivity contribution in [3.05, 3.63) is 33.3 Å². The number of rotatable bonds is 2. The summed E-state index contributed by atoms with van der Waals surface area (Å²) in [5.41, 5.74) is 0.514. The molecule has 2 amide bonds. The molecule has 2 rings (SSSR count). The highest BCUT2D eigenvalue weighted by Crippen LogP contribution is 2.23. The van der Waals surface area contributed by atoms with E-state index in [2.05, 4.69) is 26.6 Å². The molecule has 2 N–H and O–H groups in total. The van der Waals surface area contributed by atoms with E-state index in [-0.39, 0.29) is 17.9 Å². The number of hydrogen-bond acceptors (Lipinski definition) is 2. The Morgan fingerprint density at radius 1 is 1.50 bits per heavy atom. The molecule has 1 atom stereocenters. The molecule has 0 saturated carbocycles. The second-order valence-electron chi connectivity index (χ2n) is 4.14. The van der Waals surface area contributed by atoms with Crippen LogP contribution in [-0.4, -0.2) is 24.4 Å². The van der Waals surface area contributed by atoms with Crippen molar-refractivity contribution in [1.29, 1.82) is 0 Å². The number of carbonyl (C=O) groups excluding carboxylic acids is 2. The van der Waals surface area contributed by atoms with Crippen LogP contribution in [0.2, 0.25) is 5.02 Å². The molecule has 0 bridgehead atoms. The van der Waals surface area contributed by atoms with Gasteiger partial charge < -0.3 is 10.6 Å². The van der Waals surface area contributed by atoms with Gasteiger partial charge in [0.1, 0.15) is 0 Å². The zero-order valence-electron chi connectivity index (χ0n) is 9.50. The molecule has 1 aliphatic heterocycles. The lowest BCUT2D eigenvalue weighted by Crippen LogP contribution is -2.47. The van der Waals surface area contributed by atoms with Crippen molar-refractivity contribution in [3.63, 3.8) is 0 Å². The lowest BCUT2D eigenvalue weighted by atomic mass is 10.1. The van der Waals surface area contributed by atoms with Crippen molar-refractivity contribution >= 4 is 39.3 Å². The second-order valence-corrected chi connectivity index (χ2v) is 5.40. The van der Waals surface area contributed by atoms with E-state index in [1.54, 1.807) is 18.2 Å². The van der Waals surface area contributed by atoms with E-state index < -0.39 is 0 Å². The van der Waals surface area contributed by atoms with Gasteiger partial charge in [0.05, 0.1) is 5.02 Å². The number of piperidine rings is 1. The Kier molecular flexibility index (Phi) is 4.24. The van der Waals surface area contributed by atoms with Gasteiger partial charge in [-0.05, 0) is 40.5 Å². The van der Waals surface area contributed by atoms with Gasteiger partial charge >= 0.3 is 0 Å². The third-order valence-corrected chi connectivity index (χ3v) is 4.01. The fraction of sp³-hybridized carbons (Fsp3) is 0.333. The molecule has 1 heterocycles. The number of nitrogens with one attached hydrogen (secondary N) is 2. The SMILES string of the molecule is O=C1CCC(NC(=O)c2ccc(Br)c(Cl)c2)CN1. The summed E-state index contributed by atoms with van der Waals surface area (Å²) in [4.78, 5) is 23.0. The van der Waals surface area contributed by atoms with E-state index in [0.29, 0.717) is 30.0 Å². The summed E-state index contributed by atoms with van der Waals surface area (Å²) >= 11 is 9.21. The summed E-state index contributed by atoms with van der Waals surface area (Å²) in [7, 11) is 0. The molecule has 6 heteroatoms. The number of benzene rings is 1. The van der Waals surface area contributed by atoms with Crippen LogP contribution in [0.4, 0.5) is 0 Å². The van der Waals surface area contributed by atoms with Crippen LogP contribution in [0.5, 0.6) is 0 Å². The van der Waals surface area contributed by atoms with Gasteiger partial charge in [0.15, 0.2) is 0 Å². The maximum absolute atomic E-state index is 12.0. The van der Waals surface area contributed by atoms with Crippen molar-refractivity contribution in [2.75, 3.05) is 6.54 Å². The Bertz CT molecular complexity index is 483. The molecule has 1 aliphatic rings. The third-order valence-electron chi connectivity index (χ3n) is 2.78. The highest BCUT2D eigenvalue weighted by Gasteiger charge is 2.20. The molecule has 1 unspecified atom stereocenters. The van der Waals surface area contributed by atoms with Gasteiger partial charge in [0, 0.05) is 29.0 Å². The smallest absolute Gasteiger partial charge is 0.251 e. The summed E-state index contributed by atoms with van der Waals surface area (Å²) in [6.07, 6.45) is 1.12. The molecule has 1 aromatic rings. The lowest BCUT2D eigenvalue weighted by Gasteiger charge is -2.23. The predicted octanol–water partition coefficient (Wildman–Crippen LogP) is 2.11. The van der Waals surface area contributed by atoms with Crippen LogP contribution in [0.3, 0.4) is 0 Å². The van der Waals surface area contributed by atoms with Crippen molar-refractivity contribution in [2.45, 2.75) is 18.9 Å². The van der Waals surface area contributed by atoms with E-state index in [9.17, 15) is 9.59 Å². The van der Waals surface area contributed by atoms with Crippen molar-refractivity contribution in [1.82, 2.24) is 10.6 Å². The van der Waals surface area contributed by atoms with Crippen LogP contribution >= 0.6 is 27.5 Å². The van der Waals surface area contributed by atoms with E-state index in [1.807, 2.05) is 0 Å². The average molecular weight is 332 g/mol. The molecule has 0 aromatic heterocycles. The Morgan fingerprint density at radius 3 is 2.89 bits per heavy atom. The Balaban J connectivity index is 1.99. The van der Waals surface area contributed by atoms with Crippen LogP contribution in [-0.2, 0) is 4.79 Å². The summed E-state index contributed by atoms with van der Waals surface area (Å²) in [5, 5.41) is 6.10. The number of hydrogen-bond donors (Lipinski definition) is 2. The zero-order valence-corrected chi connectivity index (χ0v) is 11.8. The summed E-state index contributed by atoms with van der Waals surface area (Å²) in [5.74, 6) is -0.141. The van der Waals surface area contributed by atoms with Gasteiger partial charge in [-0.2, -0.15) is 0 Å². The normalized spacial score (nSPS) is 19.2. The first-order chi connectivity index (χ1) is 8.56. The van der Waals surface area contributed by atoms with Crippen molar-refractivity contribution in [3.8, 4) is 0 Å². The quantitative estimate of drug-likeness (QED) is 0.872. The zero-order chi connectivity index (χ0) is 13.1. The number of carbonyl (C=O) groups is 2. The van der Waals surface area contributed by atoms with E-state index in [4.69, 9.17) is 11.6 Å². The summed E-state index contributed by atoms with van der Waals surface area (Å²) in [6, 6.07) is 5.03. The van der Waals surface area contributed by atoms with Gasteiger partial charge in [0.2, 0.25) is 5.91 Å². The average Bonchev–Trinajstić information content (AvgIpc) is 2.35. The van der Waals surface area contributed by atoms with Gasteiger partial charge in [-0.1, -0.05) is 11.6 Å². The number of halogens is 2. The number of amides is 2. The molecule has 4 nitrogen and oxygen atoms in total. The van der Waals surface area contributed by atoms with Crippen LogP contribution < -0.4 is 10.6 Å². The molecule has 1 aromatic carbocycles. The Labute approximate surface area is 118 Å². The summed E-state index contributed by atoms with van der Waals surface area (Å²) in [6.45, 7) is 0.481. The maximum Gasteiger partial charge on any atom is 0.251 e. The monoisotopic (exact) mass is 330 g/mol. The van der Waals surface area contributed by atoms with Gasteiger partial charge in [-0.15, -0.1) is 0 Å². The van der Waals surface area contributed by atoms with Gasteiger partial charge in [-0.25, -0.2) is 0 Å². The molecule has 1 fully saturated rings. The van der Waals surface area contributed by atoms with Gasteiger partial charge in [-0.3, -0.25) is 9.59 Å². The van der Waals surface area contributed by atoms with Crippen molar-refractivity contribution < 1.29 is 9.59 Å². The van der Waals surface area contributed by atoms with Crippen LogP contribution in [0.1, 0.15) is 23.2 Å². The maximum atomic E-state index is 12.0. The molecule has 0 radical (unpaired) electrons. The summed E-state index contributed by atoms with van der Waals surface area (Å²) < 4.78 is 0.755. The van der Waals surface area contributed by atoms with Crippen LogP contribution in [0.15, 0.2) is 22.7 Å². The third kappa shape index (κ3) is 3.23. The molecule has 18 heavy (non-hydrogen) atoms. The fourth-order valence-electron chi connectivity index (χ4n) is 1.76. The van der Waals surface area contributed by atoms with E-state index in [0.717, 1.165) is 4.47 Å². The standard InChI is InChI=1S/C12H12BrClN2O2/c13-9-3-1-7(5-10(9)14)12(18)16-8-2-4-11(17)15-6-8/h1,3,5,8H,2,4,6H2,(H,15,17)(H,16,18). The van der Waals surface area contributed by atoms with Crippen LogP contribution in [0, 0.1) is 0 Å². The molecule has 1 saturated heterocycles. The highest BCUT2D eigenvalue weighted by molar-refractivity contribution is 9.10. The molecule has 0 spiro atoms. The topological polar surface area (TPSA) is 58.2 Å². The minimum atomic E-state index is -0.175. The first kappa shape index (κ1) is 13.4. The first-order valence-electron chi connectivity index (χ1n) is 5.59. The highest BCUT2D eigenvalue weighted by atomic mass is 79.9. The predicted molar refractivity (Wildman–Crippen MR) is 72.6 cm³/mol. The molecule has 0 aliphatic carbocycles. The lowest BCUT2D eigenvalue weighted by molar-refractivity contribution is -0.122. The fourth-order valence-corrected chi connectivity index (χ4v) is 2.19. The van der Waals surface area contributed by atoms with E-state index in [1.165, 1.54) is 0 Å². The minimum absolute atomic E-state index is 0.0161. The van der Waals surface area contributed by atoms with Crippen LogP contribution in [0.25, 0.3) is 0 Å². The van der Waals surface area contributed by atoms with Gasteiger partial charge in [0.25, 0.3) is 5.91 Å². The Hall–Kier alpha value is -1.07.